The van der Waals surface area contributed by atoms with Crippen molar-refractivity contribution in [2.75, 3.05) is 17.7 Å². The summed E-state index contributed by atoms with van der Waals surface area (Å²) < 4.78 is 7.16. The second-order valence-electron chi connectivity index (χ2n) is 6.90. The number of hydrogen-bond donors (Lipinski definition) is 2. The highest BCUT2D eigenvalue weighted by atomic mass is 35.5. The van der Waals surface area contributed by atoms with Gasteiger partial charge in [0.05, 0.1) is 18.4 Å². The molecule has 0 aliphatic rings. The summed E-state index contributed by atoms with van der Waals surface area (Å²) in [5.74, 6) is 1.12. The van der Waals surface area contributed by atoms with Gasteiger partial charge in [-0.15, -0.1) is 10.2 Å². The molecule has 0 unspecified atom stereocenters. The molecule has 0 saturated carbocycles. The number of aromatic nitrogens is 3. The molecule has 0 bridgehead atoms. The largest absolute Gasteiger partial charge is 0.494 e. The molecule has 8 nitrogen and oxygen atoms in total. The van der Waals surface area contributed by atoms with Crippen LogP contribution in [0.4, 0.5) is 5.69 Å². The molecule has 1 aromatic heterocycles. The molecule has 0 radical (unpaired) electrons. The predicted octanol–water partition coefficient (Wildman–Crippen LogP) is 4.09. The number of nitrogens with zero attached hydrogens (tertiary/aromatic N) is 3. The topological polar surface area (TPSA) is 98.1 Å². The van der Waals surface area contributed by atoms with Crippen LogP contribution in [0.15, 0.2) is 53.7 Å². The summed E-state index contributed by atoms with van der Waals surface area (Å²) in [6.45, 7) is 4.33. The molecule has 2 amide bonds. The Kier molecular flexibility index (Phi) is 8.13. The van der Waals surface area contributed by atoms with Gasteiger partial charge in [0, 0.05) is 23.3 Å². The SMILES string of the molecule is CCOc1ccc(NC(=O)CSc2nnc([C@@H](C)NC(=O)c3ccc(Cl)cc3)n2C)cc1. The van der Waals surface area contributed by atoms with Gasteiger partial charge < -0.3 is 19.9 Å². The number of amides is 2. The Bertz CT molecular complexity index is 1070. The third kappa shape index (κ3) is 6.24. The van der Waals surface area contributed by atoms with Crippen molar-refractivity contribution < 1.29 is 14.3 Å². The summed E-state index contributed by atoms with van der Waals surface area (Å²) >= 11 is 7.13. The average Bonchev–Trinajstić information content (AvgIpc) is 3.14. The van der Waals surface area contributed by atoms with Crippen molar-refractivity contribution in [2.45, 2.75) is 25.0 Å². The highest BCUT2D eigenvalue weighted by Gasteiger charge is 2.19. The van der Waals surface area contributed by atoms with E-state index < -0.39 is 0 Å². The van der Waals surface area contributed by atoms with Gasteiger partial charge in [0.2, 0.25) is 5.91 Å². The van der Waals surface area contributed by atoms with Crippen LogP contribution in [-0.2, 0) is 11.8 Å². The molecule has 0 saturated heterocycles. The zero-order valence-electron chi connectivity index (χ0n) is 18.0. The first-order valence-electron chi connectivity index (χ1n) is 9.98. The van der Waals surface area contributed by atoms with Gasteiger partial charge >= 0.3 is 0 Å². The number of benzene rings is 2. The quantitative estimate of drug-likeness (QED) is 0.454. The van der Waals surface area contributed by atoms with E-state index >= 15 is 0 Å². The normalized spacial score (nSPS) is 11.6. The molecular weight excluding hydrogens is 450 g/mol. The first kappa shape index (κ1) is 23.6. The molecule has 1 heterocycles. The summed E-state index contributed by atoms with van der Waals surface area (Å²) in [5.41, 5.74) is 1.19. The summed E-state index contributed by atoms with van der Waals surface area (Å²) in [6.07, 6.45) is 0. The van der Waals surface area contributed by atoms with Crippen LogP contribution >= 0.6 is 23.4 Å². The molecule has 32 heavy (non-hydrogen) atoms. The van der Waals surface area contributed by atoms with Crippen molar-refractivity contribution in [3.8, 4) is 5.75 Å². The van der Waals surface area contributed by atoms with Gasteiger partial charge in [-0.2, -0.15) is 0 Å². The fourth-order valence-corrected chi connectivity index (χ4v) is 3.75. The maximum atomic E-state index is 12.4. The second kappa shape index (κ2) is 11.0. The van der Waals surface area contributed by atoms with Crippen molar-refractivity contribution in [3.05, 3.63) is 64.9 Å². The highest BCUT2D eigenvalue weighted by Crippen LogP contribution is 2.21. The first-order chi connectivity index (χ1) is 15.4. The van der Waals surface area contributed by atoms with E-state index in [1.807, 2.05) is 13.8 Å². The number of thioether (sulfide) groups is 1. The van der Waals surface area contributed by atoms with Crippen LogP contribution < -0.4 is 15.4 Å². The van der Waals surface area contributed by atoms with E-state index in [9.17, 15) is 9.59 Å². The number of carbonyl (C=O) groups is 2. The zero-order chi connectivity index (χ0) is 23.1. The van der Waals surface area contributed by atoms with Gasteiger partial charge in [-0.05, 0) is 62.4 Å². The summed E-state index contributed by atoms with van der Waals surface area (Å²) in [7, 11) is 1.80. The van der Waals surface area contributed by atoms with Crippen LogP contribution in [0.1, 0.15) is 36.1 Å². The lowest BCUT2D eigenvalue weighted by Gasteiger charge is -2.13. The minimum absolute atomic E-state index is 0.159. The van der Waals surface area contributed by atoms with Crippen LogP contribution in [0, 0.1) is 0 Å². The van der Waals surface area contributed by atoms with E-state index in [4.69, 9.17) is 16.3 Å². The highest BCUT2D eigenvalue weighted by molar-refractivity contribution is 7.99. The molecule has 3 aromatic rings. The van der Waals surface area contributed by atoms with Gasteiger partial charge in [0.1, 0.15) is 5.75 Å². The number of hydrogen-bond acceptors (Lipinski definition) is 6. The minimum atomic E-state index is -0.372. The summed E-state index contributed by atoms with van der Waals surface area (Å²) in [6, 6.07) is 13.5. The van der Waals surface area contributed by atoms with Crippen molar-refractivity contribution in [1.82, 2.24) is 20.1 Å². The minimum Gasteiger partial charge on any atom is -0.494 e. The van der Waals surface area contributed by atoms with Gasteiger partial charge in [-0.25, -0.2) is 0 Å². The molecule has 3 rings (SSSR count). The monoisotopic (exact) mass is 473 g/mol. The van der Waals surface area contributed by atoms with Crippen molar-refractivity contribution in [3.63, 3.8) is 0 Å². The molecule has 168 valence electrons. The first-order valence-corrected chi connectivity index (χ1v) is 11.3. The van der Waals surface area contributed by atoms with Crippen LogP contribution in [0.3, 0.4) is 0 Å². The molecule has 2 aromatic carbocycles. The lowest BCUT2D eigenvalue weighted by atomic mass is 10.2. The van der Waals surface area contributed by atoms with E-state index in [1.165, 1.54) is 11.8 Å². The summed E-state index contributed by atoms with van der Waals surface area (Å²) in [5, 5.41) is 15.2. The Labute approximate surface area is 195 Å². The number of halogens is 1. The van der Waals surface area contributed by atoms with Crippen LogP contribution in [0.2, 0.25) is 5.02 Å². The number of carbonyl (C=O) groups excluding carboxylic acids is 2. The molecule has 0 aliphatic carbocycles. The molecular formula is C22H24ClN5O3S. The molecule has 10 heteroatoms. The Morgan fingerprint density at radius 1 is 1.12 bits per heavy atom. The van der Waals surface area contributed by atoms with Crippen molar-refractivity contribution >= 4 is 40.9 Å². The average molecular weight is 474 g/mol. The number of ether oxygens (including phenoxy) is 1. The molecule has 1 atom stereocenters. The standard InChI is InChI=1S/C22H24ClN5O3S/c1-4-31-18-11-9-17(10-12-18)25-19(29)13-32-22-27-26-20(28(22)3)14(2)24-21(30)15-5-7-16(23)8-6-15/h5-12,14H,4,13H2,1-3H3,(H,24,30)(H,25,29)/t14-/m1/s1. The van der Waals surface area contributed by atoms with Crippen molar-refractivity contribution in [1.29, 1.82) is 0 Å². The van der Waals surface area contributed by atoms with E-state index in [1.54, 1.807) is 60.1 Å². The molecule has 0 spiro atoms. The van der Waals surface area contributed by atoms with E-state index in [-0.39, 0.29) is 23.6 Å². The fraction of sp³-hybridized carbons (Fsp3) is 0.273. The number of nitrogens with one attached hydrogen (secondary N) is 2. The Balaban J connectivity index is 1.54. The Morgan fingerprint density at radius 3 is 2.47 bits per heavy atom. The predicted molar refractivity (Wildman–Crippen MR) is 125 cm³/mol. The number of rotatable bonds is 9. The fourth-order valence-electron chi connectivity index (χ4n) is 2.90. The van der Waals surface area contributed by atoms with Gasteiger partial charge in [-0.3, -0.25) is 9.59 Å². The Hall–Kier alpha value is -3.04. The third-order valence-electron chi connectivity index (χ3n) is 4.49. The van der Waals surface area contributed by atoms with E-state index in [0.29, 0.717) is 33.9 Å². The Morgan fingerprint density at radius 2 is 1.81 bits per heavy atom. The van der Waals surface area contributed by atoms with Gasteiger partial charge in [0.15, 0.2) is 11.0 Å². The lowest BCUT2D eigenvalue weighted by molar-refractivity contribution is -0.113. The zero-order valence-corrected chi connectivity index (χ0v) is 19.5. The molecule has 0 fully saturated rings. The van der Waals surface area contributed by atoms with E-state index in [2.05, 4.69) is 20.8 Å². The second-order valence-corrected chi connectivity index (χ2v) is 8.28. The van der Waals surface area contributed by atoms with Crippen LogP contribution in [0.25, 0.3) is 0 Å². The maximum Gasteiger partial charge on any atom is 0.251 e. The molecule has 2 N–H and O–H groups in total. The lowest BCUT2D eigenvalue weighted by Crippen LogP contribution is -2.28. The number of anilines is 1. The van der Waals surface area contributed by atoms with Crippen LogP contribution in [0.5, 0.6) is 5.75 Å². The van der Waals surface area contributed by atoms with Crippen LogP contribution in [-0.4, -0.2) is 38.9 Å². The van der Waals surface area contributed by atoms with E-state index in [0.717, 1.165) is 5.75 Å². The molecule has 0 aliphatic heterocycles. The maximum absolute atomic E-state index is 12.4. The summed E-state index contributed by atoms with van der Waals surface area (Å²) in [4.78, 5) is 24.7. The smallest absolute Gasteiger partial charge is 0.251 e. The van der Waals surface area contributed by atoms with Gasteiger partial charge in [0.25, 0.3) is 5.91 Å². The van der Waals surface area contributed by atoms with Crippen molar-refractivity contribution in [2.24, 2.45) is 7.05 Å². The van der Waals surface area contributed by atoms with Gasteiger partial charge in [-0.1, -0.05) is 23.4 Å². The third-order valence-corrected chi connectivity index (χ3v) is 5.76.